The molecule has 0 saturated heterocycles. The summed E-state index contributed by atoms with van der Waals surface area (Å²) in [6.45, 7) is 1.76. The van der Waals surface area contributed by atoms with Crippen LogP contribution in [0.15, 0.2) is 48.5 Å². The molecule has 0 atom stereocenters. The van der Waals surface area contributed by atoms with Crippen LogP contribution >= 0.6 is 11.6 Å². The maximum Gasteiger partial charge on any atom is 0.271 e. The number of carbonyl (C=O) groups excluding carboxylic acids is 1. The molecule has 0 unspecified atom stereocenters. The molecule has 2 aromatic carbocycles. The highest BCUT2D eigenvalue weighted by Gasteiger charge is 2.09. The van der Waals surface area contributed by atoms with Crippen LogP contribution in [0, 0.1) is 17.0 Å². The summed E-state index contributed by atoms with van der Waals surface area (Å²) in [4.78, 5) is 22.2. The van der Waals surface area contributed by atoms with Crippen molar-refractivity contribution in [1.82, 2.24) is 0 Å². The molecule has 6 heteroatoms. The molecule has 0 aromatic heterocycles. The Balaban J connectivity index is 2.12. The summed E-state index contributed by atoms with van der Waals surface area (Å²) < 4.78 is 0. The van der Waals surface area contributed by atoms with E-state index >= 15 is 0 Å². The van der Waals surface area contributed by atoms with Gasteiger partial charge in [-0.2, -0.15) is 0 Å². The second kappa shape index (κ2) is 6.87. The molecule has 0 aliphatic carbocycles. The number of benzene rings is 2. The monoisotopic (exact) mass is 316 g/mol. The van der Waals surface area contributed by atoms with Crippen LogP contribution in [0.1, 0.15) is 11.1 Å². The summed E-state index contributed by atoms with van der Waals surface area (Å²) in [5, 5.41) is 14.0. The number of aryl methyl sites for hydroxylation is 1. The average molecular weight is 317 g/mol. The highest BCUT2D eigenvalue weighted by Crippen LogP contribution is 2.22. The van der Waals surface area contributed by atoms with Gasteiger partial charge in [-0.1, -0.05) is 29.8 Å². The first kappa shape index (κ1) is 15.7. The van der Waals surface area contributed by atoms with Crippen LogP contribution in [-0.2, 0) is 4.79 Å². The van der Waals surface area contributed by atoms with Gasteiger partial charge in [0.15, 0.2) is 0 Å². The second-order valence-electron chi connectivity index (χ2n) is 4.63. The first-order valence-corrected chi connectivity index (χ1v) is 6.83. The average Bonchev–Trinajstić information content (AvgIpc) is 2.47. The molecule has 112 valence electrons. The zero-order valence-electron chi connectivity index (χ0n) is 11.7. The Morgan fingerprint density at radius 1 is 1.27 bits per heavy atom. The molecule has 0 fully saturated rings. The molecule has 2 aromatic rings. The van der Waals surface area contributed by atoms with E-state index in [1.54, 1.807) is 37.3 Å². The number of non-ortho nitro benzene ring substituents is 1. The molecule has 2 rings (SSSR count). The van der Waals surface area contributed by atoms with E-state index in [-0.39, 0.29) is 11.6 Å². The molecular weight excluding hydrogens is 304 g/mol. The van der Waals surface area contributed by atoms with E-state index in [4.69, 9.17) is 11.6 Å². The number of nitrogens with one attached hydrogen (secondary N) is 1. The van der Waals surface area contributed by atoms with Crippen LogP contribution in [0.25, 0.3) is 6.08 Å². The molecule has 0 radical (unpaired) electrons. The molecule has 0 aliphatic rings. The predicted octanol–water partition coefficient (Wildman–Crippen LogP) is 4.21. The van der Waals surface area contributed by atoms with Gasteiger partial charge in [-0.25, -0.2) is 0 Å². The van der Waals surface area contributed by atoms with Gasteiger partial charge in [-0.05, 0) is 36.3 Å². The van der Waals surface area contributed by atoms with Crippen molar-refractivity contribution in [3.05, 3.63) is 74.8 Å². The Labute approximate surface area is 132 Å². The summed E-state index contributed by atoms with van der Waals surface area (Å²) in [6, 6.07) is 11.4. The van der Waals surface area contributed by atoms with Crippen molar-refractivity contribution in [2.75, 3.05) is 5.32 Å². The largest absolute Gasteiger partial charge is 0.322 e. The minimum absolute atomic E-state index is 0.0697. The van der Waals surface area contributed by atoms with Crippen molar-refractivity contribution in [2.45, 2.75) is 6.92 Å². The number of nitro benzene ring substituents is 1. The van der Waals surface area contributed by atoms with Gasteiger partial charge >= 0.3 is 0 Å². The maximum atomic E-state index is 11.9. The Morgan fingerprint density at radius 2 is 2.05 bits per heavy atom. The van der Waals surface area contributed by atoms with E-state index in [0.717, 1.165) is 11.1 Å². The summed E-state index contributed by atoms with van der Waals surface area (Å²) in [7, 11) is 0. The smallest absolute Gasteiger partial charge is 0.271 e. The van der Waals surface area contributed by atoms with Crippen molar-refractivity contribution in [2.24, 2.45) is 0 Å². The van der Waals surface area contributed by atoms with E-state index in [9.17, 15) is 14.9 Å². The third-order valence-corrected chi connectivity index (χ3v) is 3.20. The quantitative estimate of drug-likeness (QED) is 0.521. The topological polar surface area (TPSA) is 72.2 Å². The van der Waals surface area contributed by atoms with E-state index < -0.39 is 4.92 Å². The molecular formula is C16H13ClN2O3. The third kappa shape index (κ3) is 4.17. The fraction of sp³-hybridized carbons (Fsp3) is 0.0625. The molecule has 0 saturated carbocycles. The van der Waals surface area contributed by atoms with Crippen molar-refractivity contribution in [1.29, 1.82) is 0 Å². The minimum atomic E-state index is -0.503. The summed E-state index contributed by atoms with van der Waals surface area (Å²) in [5.41, 5.74) is 1.88. The number of anilines is 1. The molecule has 0 spiro atoms. The maximum absolute atomic E-state index is 11.9. The number of hydrogen-bond acceptors (Lipinski definition) is 3. The molecule has 0 bridgehead atoms. The van der Waals surface area contributed by atoms with Crippen molar-refractivity contribution in [3.63, 3.8) is 0 Å². The Bertz CT molecular complexity index is 757. The van der Waals surface area contributed by atoms with Crippen LogP contribution in [0.4, 0.5) is 11.4 Å². The highest BCUT2D eigenvalue weighted by molar-refractivity contribution is 6.30. The van der Waals surface area contributed by atoms with Gasteiger partial charge in [0.2, 0.25) is 5.91 Å². The number of rotatable bonds is 4. The van der Waals surface area contributed by atoms with Crippen molar-refractivity contribution in [3.8, 4) is 0 Å². The molecule has 0 heterocycles. The van der Waals surface area contributed by atoms with E-state index in [1.165, 1.54) is 18.2 Å². The first-order valence-electron chi connectivity index (χ1n) is 6.45. The van der Waals surface area contributed by atoms with Crippen LogP contribution in [0.5, 0.6) is 0 Å². The number of hydrogen-bond donors (Lipinski definition) is 1. The summed E-state index contributed by atoms with van der Waals surface area (Å²) in [5.74, 6) is -0.372. The fourth-order valence-electron chi connectivity index (χ4n) is 1.81. The van der Waals surface area contributed by atoms with Gasteiger partial charge in [0, 0.05) is 23.2 Å². The van der Waals surface area contributed by atoms with Crippen LogP contribution in [-0.4, -0.2) is 10.8 Å². The van der Waals surface area contributed by atoms with E-state index in [2.05, 4.69) is 5.32 Å². The van der Waals surface area contributed by atoms with E-state index in [0.29, 0.717) is 10.7 Å². The third-order valence-electron chi connectivity index (χ3n) is 2.97. The van der Waals surface area contributed by atoms with Crippen LogP contribution in [0.2, 0.25) is 5.02 Å². The molecule has 22 heavy (non-hydrogen) atoms. The lowest BCUT2D eigenvalue weighted by atomic mass is 10.1. The molecule has 5 nitrogen and oxygen atoms in total. The fourth-order valence-corrected chi connectivity index (χ4v) is 2.01. The minimum Gasteiger partial charge on any atom is -0.322 e. The summed E-state index contributed by atoms with van der Waals surface area (Å²) in [6.07, 6.45) is 2.97. The molecule has 1 N–H and O–H groups in total. The summed E-state index contributed by atoms with van der Waals surface area (Å²) >= 11 is 5.86. The number of amides is 1. The van der Waals surface area contributed by atoms with Gasteiger partial charge < -0.3 is 5.32 Å². The standard InChI is InChI=1S/C16H13ClN2O3/c1-11-5-7-14(19(21)22)10-15(11)18-16(20)8-6-12-3-2-4-13(17)9-12/h2-10H,1H3,(H,18,20). The highest BCUT2D eigenvalue weighted by atomic mass is 35.5. The zero-order valence-corrected chi connectivity index (χ0v) is 12.5. The number of nitro groups is 1. The Kier molecular flexibility index (Phi) is 4.91. The van der Waals surface area contributed by atoms with Gasteiger partial charge in [-0.3, -0.25) is 14.9 Å². The second-order valence-corrected chi connectivity index (χ2v) is 5.07. The number of nitrogens with zero attached hydrogens (tertiary/aromatic N) is 1. The lowest BCUT2D eigenvalue weighted by Gasteiger charge is -2.06. The van der Waals surface area contributed by atoms with Crippen molar-refractivity contribution < 1.29 is 9.72 Å². The van der Waals surface area contributed by atoms with E-state index in [1.807, 2.05) is 6.07 Å². The van der Waals surface area contributed by atoms with Gasteiger partial charge in [0.1, 0.15) is 0 Å². The van der Waals surface area contributed by atoms with Gasteiger partial charge in [0.05, 0.1) is 10.6 Å². The van der Waals surface area contributed by atoms with Crippen molar-refractivity contribution >= 4 is 35.0 Å². The normalized spacial score (nSPS) is 10.6. The van der Waals surface area contributed by atoms with Crippen LogP contribution < -0.4 is 5.32 Å². The number of carbonyl (C=O) groups is 1. The van der Waals surface area contributed by atoms with Gasteiger partial charge in [0.25, 0.3) is 5.69 Å². The Morgan fingerprint density at radius 3 is 2.73 bits per heavy atom. The molecule has 1 amide bonds. The Hall–Kier alpha value is -2.66. The zero-order chi connectivity index (χ0) is 16.1. The predicted molar refractivity (Wildman–Crippen MR) is 86.9 cm³/mol. The number of halogens is 1. The lowest BCUT2D eigenvalue weighted by Crippen LogP contribution is -2.09. The van der Waals surface area contributed by atoms with Gasteiger partial charge in [-0.15, -0.1) is 0 Å². The lowest BCUT2D eigenvalue weighted by molar-refractivity contribution is -0.384. The first-order chi connectivity index (χ1) is 10.5. The molecule has 0 aliphatic heterocycles. The van der Waals surface area contributed by atoms with Crippen LogP contribution in [0.3, 0.4) is 0 Å². The SMILES string of the molecule is Cc1ccc([N+](=O)[O-])cc1NC(=O)C=Cc1cccc(Cl)c1.